The van der Waals surface area contributed by atoms with E-state index in [1.54, 1.807) is 0 Å². The van der Waals surface area contributed by atoms with Gasteiger partial charge in [-0.3, -0.25) is 4.79 Å². The van der Waals surface area contributed by atoms with Gasteiger partial charge in [-0.05, 0) is 0 Å². The van der Waals surface area contributed by atoms with Gasteiger partial charge in [-0.1, -0.05) is 0 Å². The Balaban J connectivity index is 2.10. The van der Waals surface area contributed by atoms with Crippen molar-refractivity contribution in [3.05, 3.63) is 24.6 Å². The van der Waals surface area contributed by atoms with Crippen molar-refractivity contribution in [2.45, 2.75) is 6.04 Å². The van der Waals surface area contributed by atoms with Crippen molar-refractivity contribution in [2.24, 2.45) is 0 Å². The van der Waals surface area contributed by atoms with Crippen LogP contribution in [0.3, 0.4) is 0 Å². The van der Waals surface area contributed by atoms with Gasteiger partial charge in [0.15, 0.2) is 23.8 Å². The molecule has 0 bridgehead atoms. The fourth-order valence-electron chi connectivity index (χ4n) is 1.23. The number of rotatable bonds is 5. The topological polar surface area (TPSA) is 139 Å². The van der Waals surface area contributed by atoms with Gasteiger partial charge in [0.25, 0.3) is 5.91 Å². The van der Waals surface area contributed by atoms with Gasteiger partial charge in [-0.25, -0.2) is 14.8 Å². The Bertz CT molecular complexity index is 576. The average molecular weight is 267 g/mol. The molecule has 100 valence electrons. The number of hydrogen-bond donors (Lipinski definition) is 3. The lowest BCUT2D eigenvalue weighted by Crippen LogP contribution is -2.43. The van der Waals surface area contributed by atoms with E-state index in [1.165, 1.54) is 12.7 Å². The SMILES string of the molecule is O=C(NC(CO)C(=O)O)c1coc(-c2cocn2)n1. The minimum atomic E-state index is -1.40. The Hall–Kier alpha value is -2.68. The van der Waals surface area contributed by atoms with Gasteiger partial charge in [0, 0.05) is 0 Å². The second kappa shape index (κ2) is 5.31. The highest BCUT2D eigenvalue weighted by Crippen LogP contribution is 2.15. The van der Waals surface area contributed by atoms with Crippen molar-refractivity contribution in [3.8, 4) is 11.6 Å². The highest BCUT2D eigenvalue weighted by Gasteiger charge is 2.22. The third-order valence-electron chi connectivity index (χ3n) is 2.17. The number of carboxylic acids is 1. The lowest BCUT2D eigenvalue weighted by atomic mass is 10.3. The van der Waals surface area contributed by atoms with Crippen molar-refractivity contribution in [1.29, 1.82) is 0 Å². The number of carbonyl (C=O) groups excluding carboxylic acids is 1. The summed E-state index contributed by atoms with van der Waals surface area (Å²) in [5.74, 6) is -2.06. The van der Waals surface area contributed by atoms with E-state index in [9.17, 15) is 9.59 Å². The fraction of sp³-hybridized carbons (Fsp3) is 0.200. The number of amides is 1. The fourth-order valence-corrected chi connectivity index (χ4v) is 1.23. The minimum Gasteiger partial charge on any atom is -0.480 e. The van der Waals surface area contributed by atoms with Crippen LogP contribution < -0.4 is 5.32 Å². The van der Waals surface area contributed by atoms with E-state index >= 15 is 0 Å². The lowest BCUT2D eigenvalue weighted by Gasteiger charge is -2.09. The summed E-state index contributed by atoms with van der Waals surface area (Å²) in [4.78, 5) is 29.9. The minimum absolute atomic E-state index is 0.0646. The van der Waals surface area contributed by atoms with Crippen LogP contribution >= 0.6 is 0 Å². The standard InChI is InChI=1S/C10H9N3O6/c14-1-5(10(16)17)12-8(15)6-3-19-9(13-6)7-2-18-4-11-7/h2-5,14H,1H2,(H,12,15)(H,16,17). The first-order chi connectivity index (χ1) is 9.11. The predicted octanol–water partition coefficient (Wildman–Crippen LogP) is -0.495. The van der Waals surface area contributed by atoms with E-state index in [-0.39, 0.29) is 11.6 Å². The van der Waals surface area contributed by atoms with Crippen molar-refractivity contribution in [1.82, 2.24) is 15.3 Å². The van der Waals surface area contributed by atoms with Crippen molar-refractivity contribution >= 4 is 11.9 Å². The molecular formula is C10H9N3O6. The van der Waals surface area contributed by atoms with Crippen LogP contribution in [-0.2, 0) is 4.79 Å². The first kappa shape index (κ1) is 12.8. The number of aliphatic hydroxyl groups is 1. The van der Waals surface area contributed by atoms with Gasteiger partial charge in [0.2, 0.25) is 5.89 Å². The van der Waals surface area contributed by atoms with Gasteiger partial charge in [-0.15, -0.1) is 0 Å². The van der Waals surface area contributed by atoms with Crippen LogP contribution in [0.25, 0.3) is 11.6 Å². The molecule has 0 fully saturated rings. The number of aliphatic carboxylic acids is 1. The summed E-state index contributed by atoms with van der Waals surface area (Å²) >= 11 is 0. The maximum atomic E-state index is 11.6. The molecular weight excluding hydrogens is 258 g/mol. The van der Waals surface area contributed by atoms with Crippen LogP contribution in [0, 0.1) is 0 Å². The van der Waals surface area contributed by atoms with Crippen molar-refractivity contribution in [3.63, 3.8) is 0 Å². The van der Waals surface area contributed by atoms with E-state index in [1.807, 2.05) is 0 Å². The second-order valence-electron chi connectivity index (χ2n) is 3.46. The maximum absolute atomic E-state index is 11.6. The molecule has 19 heavy (non-hydrogen) atoms. The highest BCUT2D eigenvalue weighted by molar-refractivity contribution is 5.95. The zero-order valence-corrected chi connectivity index (χ0v) is 9.44. The quantitative estimate of drug-likeness (QED) is 0.659. The average Bonchev–Trinajstić information content (AvgIpc) is 3.04. The number of carbonyl (C=O) groups is 2. The molecule has 0 aliphatic heterocycles. The van der Waals surface area contributed by atoms with Crippen LogP contribution in [0.5, 0.6) is 0 Å². The number of hydrogen-bond acceptors (Lipinski definition) is 7. The van der Waals surface area contributed by atoms with E-state index in [2.05, 4.69) is 15.3 Å². The smallest absolute Gasteiger partial charge is 0.328 e. The van der Waals surface area contributed by atoms with Crippen LogP contribution in [0.4, 0.5) is 0 Å². The Labute approximate surface area is 105 Å². The molecule has 2 heterocycles. The van der Waals surface area contributed by atoms with Crippen molar-refractivity contribution < 1.29 is 28.6 Å². The summed E-state index contributed by atoms with van der Waals surface area (Å²) in [6.07, 6.45) is 3.50. The number of aromatic nitrogens is 2. The third-order valence-corrected chi connectivity index (χ3v) is 2.17. The summed E-state index contributed by atoms with van der Waals surface area (Å²) in [7, 11) is 0. The normalized spacial score (nSPS) is 12.1. The molecule has 9 nitrogen and oxygen atoms in total. The number of aliphatic hydroxyl groups excluding tert-OH is 1. The van der Waals surface area contributed by atoms with Crippen LogP contribution in [0.1, 0.15) is 10.5 Å². The summed E-state index contributed by atoms with van der Waals surface area (Å²) in [6.45, 7) is -0.727. The van der Waals surface area contributed by atoms with Crippen LogP contribution in [-0.4, -0.2) is 44.7 Å². The largest absolute Gasteiger partial charge is 0.480 e. The molecule has 0 aliphatic rings. The van der Waals surface area contributed by atoms with Gasteiger partial charge < -0.3 is 24.4 Å². The second-order valence-corrected chi connectivity index (χ2v) is 3.46. The van der Waals surface area contributed by atoms with E-state index in [0.29, 0.717) is 5.69 Å². The zero-order valence-electron chi connectivity index (χ0n) is 9.44. The molecule has 0 aliphatic carbocycles. The monoisotopic (exact) mass is 267 g/mol. The molecule has 2 rings (SSSR count). The van der Waals surface area contributed by atoms with Gasteiger partial charge in [-0.2, -0.15) is 0 Å². The Morgan fingerprint density at radius 1 is 1.42 bits per heavy atom. The lowest BCUT2D eigenvalue weighted by molar-refractivity contribution is -0.140. The third kappa shape index (κ3) is 2.77. The summed E-state index contributed by atoms with van der Waals surface area (Å²) < 4.78 is 9.73. The van der Waals surface area contributed by atoms with Crippen LogP contribution in [0.2, 0.25) is 0 Å². The molecule has 1 atom stereocenters. The van der Waals surface area contributed by atoms with E-state index in [4.69, 9.17) is 19.0 Å². The number of nitrogens with one attached hydrogen (secondary N) is 1. The Morgan fingerprint density at radius 3 is 2.79 bits per heavy atom. The predicted molar refractivity (Wildman–Crippen MR) is 58.0 cm³/mol. The first-order valence-corrected chi connectivity index (χ1v) is 5.10. The molecule has 3 N–H and O–H groups in total. The highest BCUT2D eigenvalue weighted by atomic mass is 16.4. The van der Waals surface area contributed by atoms with Crippen LogP contribution in [0.15, 0.2) is 27.8 Å². The molecule has 1 unspecified atom stereocenters. The van der Waals surface area contributed by atoms with E-state index in [0.717, 1.165) is 6.26 Å². The van der Waals surface area contributed by atoms with Gasteiger partial charge in [0.1, 0.15) is 12.5 Å². The molecule has 0 radical (unpaired) electrons. The maximum Gasteiger partial charge on any atom is 0.328 e. The van der Waals surface area contributed by atoms with Crippen molar-refractivity contribution in [2.75, 3.05) is 6.61 Å². The molecule has 0 saturated carbocycles. The number of nitrogens with zero attached hydrogens (tertiary/aromatic N) is 2. The summed E-state index contributed by atoms with van der Waals surface area (Å²) in [5.41, 5.74) is 0.175. The molecule has 9 heteroatoms. The number of carboxylic acid groups (broad SMARTS) is 1. The molecule has 1 amide bonds. The van der Waals surface area contributed by atoms with Gasteiger partial charge in [0.05, 0.1) is 6.61 Å². The molecule has 0 aromatic carbocycles. The summed E-state index contributed by atoms with van der Waals surface area (Å²) in [5, 5.41) is 19.6. The molecule has 2 aromatic rings. The summed E-state index contributed by atoms with van der Waals surface area (Å²) in [6, 6.07) is -1.40. The molecule has 2 aromatic heterocycles. The van der Waals surface area contributed by atoms with Gasteiger partial charge >= 0.3 is 5.97 Å². The zero-order chi connectivity index (χ0) is 13.8. The Morgan fingerprint density at radius 2 is 2.21 bits per heavy atom. The first-order valence-electron chi connectivity index (χ1n) is 5.10. The Kier molecular flexibility index (Phi) is 3.57. The molecule has 0 saturated heterocycles. The molecule has 0 spiro atoms. The van der Waals surface area contributed by atoms with E-state index < -0.39 is 24.5 Å². The number of oxazole rings is 2.